The second kappa shape index (κ2) is 16.9. The average Bonchev–Trinajstić information content (AvgIpc) is 2.39. The quantitative estimate of drug-likeness (QED) is 0.317. The molecule has 2 nitrogen and oxygen atoms in total. The summed E-state index contributed by atoms with van der Waals surface area (Å²) in [4.78, 5) is 4.55. The Balaban J connectivity index is 2.86. The Labute approximate surface area is 115 Å². The van der Waals surface area contributed by atoms with Gasteiger partial charge in [-0.2, -0.15) is 0 Å². The summed E-state index contributed by atoms with van der Waals surface area (Å²) in [6, 6.07) is 0. The van der Waals surface area contributed by atoms with E-state index in [1.807, 2.05) is 0 Å². The predicted octanol–water partition coefficient (Wildman–Crippen LogP) is 5.36. The maximum atomic E-state index is 4.98. The van der Waals surface area contributed by atoms with Crippen molar-refractivity contribution in [2.45, 2.75) is 96.8 Å². The third-order valence-electron chi connectivity index (χ3n) is 3.62. The van der Waals surface area contributed by atoms with Crippen LogP contribution in [0.1, 0.15) is 96.8 Å². The van der Waals surface area contributed by atoms with Crippen molar-refractivity contribution in [1.29, 1.82) is 0 Å². The Morgan fingerprint density at radius 2 is 0.889 bits per heavy atom. The van der Waals surface area contributed by atoms with Crippen LogP contribution in [0.25, 0.3) is 0 Å². The molecule has 0 aliphatic heterocycles. The maximum absolute atomic E-state index is 4.98. The highest BCUT2D eigenvalue weighted by Gasteiger charge is 1.93. The van der Waals surface area contributed by atoms with E-state index in [1.54, 1.807) is 0 Å². The highest BCUT2D eigenvalue weighted by molar-refractivity contribution is 4.49. The lowest BCUT2D eigenvalue weighted by Crippen LogP contribution is -2.00. The van der Waals surface area contributed by atoms with Gasteiger partial charge in [-0.1, -0.05) is 90.4 Å². The van der Waals surface area contributed by atoms with Crippen molar-refractivity contribution in [2.75, 3.05) is 6.61 Å². The molecule has 0 unspecified atom stereocenters. The summed E-state index contributed by atoms with van der Waals surface area (Å²) < 4.78 is 0. The Morgan fingerprint density at radius 1 is 0.556 bits per heavy atom. The Hall–Kier alpha value is -0.0800. The molecule has 0 heterocycles. The lowest BCUT2D eigenvalue weighted by molar-refractivity contribution is 0.133. The molecular weight excluding hydrogens is 222 g/mol. The zero-order valence-corrected chi connectivity index (χ0v) is 12.6. The van der Waals surface area contributed by atoms with Crippen molar-refractivity contribution in [2.24, 2.45) is 5.90 Å². The van der Waals surface area contributed by atoms with Gasteiger partial charge in [-0.25, -0.2) is 5.90 Å². The van der Waals surface area contributed by atoms with Crippen LogP contribution in [0.4, 0.5) is 0 Å². The summed E-state index contributed by atoms with van der Waals surface area (Å²) in [5.74, 6) is 4.98. The molecule has 18 heavy (non-hydrogen) atoms. The van der Waals surface area contributed by atoms with Crippen molar-refractivity contribution in [1.82, 2.24) is 0 Å². The third kappa shape index (κ3) is 15.9. The van der Waals surface area contributed by atoms with E-state index < -0.39 is 0 Å². The van der Waals surface area contributed by atoms with Gasteiger partial charge in [-0.15, -0.1) is 0 Å². The van der Waals surface area contributed by atoms with Gasteiger partial charge in [-0.3, -0.25) is 0 Å². The minimum absolute atomic E-state index is 0.720. The molecule has 0 aliphatic rings. The summed E-state index contributed by atoms with van der Waals surface area (Å²) in [6.07, 6.45) is 19.5. The first-order chi connectivity index (χ1) is 8.91. The molecule has 0 aromatic heterocycles. The molecule has 0 bridgehead atoms. The van der Waals surface area contributed by atoms with Crippen LogP contribution in [0.3, 0.4) is 0 Å². The normalized spacial score (nSPS) is 11.0. The molecule has 0 spiro atoms. The lowest BCUT2D eigenvalue weighted by Gasteiger charge is -2.03. The van der Waals surface area contributed by atoms with Crippen molar-refractivity contribution in [3.05, 3.63) is 0 Å². The van der Waals surface area contributed by atoms with Crippen LogP contribution in [0, 0.1) is 0 Å². The third-order valence-corrected chi connectivity index (χ3v) is 3.62. The van der Waals surface area contributed by atoms with Crippen molar-refractivity contribution >= 4 is 0 Å². The van der Waals surface area contributed by atoms with Gasteiger partial charge >= 0.3 is 0 Å². The van der Waals surface area contributed by atoms with Crippen LogP contribution in [0.5, 0.6) is 0 Å². The summed E-state index contributed by atoms with van der Waals surface area (Å²) >= 11 is 0. The molecular formula is C16H35NO. The molecule has 0 rings (SSSR count). The zero-order chi connectivity index (χ0) is 13.3. The molecule has 2 N–H and O–H groups in total. The van der Waals surface area contributed by atoms with Gasteiger partial charge in [0.05, 0.1) is 6.61 Å². The van der Waals surface area contributed by atoms with Gasteiger partial charge < -0.3 is 4.84 Å². The van der Waals surface area contributed by atoms with Gasteiger partial charge in [0.15, 0.2) is 0 Å². The number of unbranched alkanes of at least 4 members (excludes halogenated alkanes) is 13. The van der Waals surface area contributed by atoms with Crippen molar-refractivity contribution in [3.63, 3.8) is 0 Å². The maximum Gasteiger partial charge on any atom is 0.0679 e. The monoisotopic (exact) mass is 257 g/mol. The lowest BCUT2D eigenvalue weighted by atomic mass is 10.0. The Bertz CT molecular complexity index is 123. The van der Waals surface area contributed by atoms with E-state index in [0.717, 1.165) is 13.0 Å². The molecule has 0 radical (unpaired) electrons. The van der Waals surface area contributed by atoms with Crippen LogP contribution in [-0.4, -0.2) is 6.61 Å². The van der Waals surface area contributed by atoms with Crippen LogP contribution in [0.2, 0.25) is 0 Å². The first-order valence-electron chi connectivity index (χ1n) is 8.23. The van der Waals surface area contributed by atoms with Gasteiger partial charge in [-0.05, 0) is 6.42 Å². The largest absolute Gasteiger partial charge is 0.305 e. The van der Waals surface area contributed by atoms with Gasteiger partial charge in [0, 0.05) is 0 Å². The average molecular weight is 257 g/mol. The highest BCUT2D eigenvalue weighted by atomic mass is 16.6. The van der Waals surface area contributed by atoms with E-state index in [4.69, 9.17) is 5.90 Å². The van der Waals surface area contributed by atoms with E-state index in [0.29, 0.717) is 0 Å². The van der Waals surface area contributed by atoms with Crippen LogP contribution < -0.4 is 5.90 Å². The standard InChI is InChI=1S/C16H35NO/c1-2-3-4-5-6-7-8-9-10-11-12-13-14-15-16-18-17/h2-17H2,1H3. The number of nitrogens with two attached hydrogens (primary N) is 1. The van der Waals surface area contributed by atoms with E-state index in [1.165, 1.54) is 83.5 Å². The molecule has 0 aromatic rings. The van der Waals surface area contributed by atoms with Crippen LogP contribution >= 0.6 is 0 Å². The molecule has 0 saturated carbocycles. The molecule has 0 aromatic carbocycles. The second-order valence-corrected chi connectivity index (χ2v) is 5.47. The summed E-state index contributed by atoms with van der Waals surface area (Å²) in [5.41, 5.74) is 0. The highest BCUT2D eigenvalue weighted by Crippen LogP contribution is 2.12. The van der Waals surface area contributed by atoms with Crippen molar-refractivity contribution < 1.29 is 4.84 Å². The molecule has 2 heteroatoms. The minimum Gasteiger partial charge on any atom is -0.305 e. The van der Waals surface area contributed by atoms with Crippen molar-refractivity contribution in [3.8, 4) is 0 Å². The Morgan fingerprint density at radius 3 is 1.22 bits per heavy atom. The van der Waals surface area contributed by atoms with Gasteiger partial charge in [0.2, 0.25) is 0 Å². The molecule has 0 saturated heterocycles. The van der Waals surface area contributed by atoms with E-state index in [2.05, 4.69) is 11.8 Å². The topological polar surface area (TPSA) is 35.2 Å². The fourth-order valence-corrected chi connectivity index (χ4v) is 2.38. The van der Waals surface area contributed by atoms with E-state index in [9.17, 15) is 0 Å². The fourth-order valence-electron chi connectivity index (χ4n) is 2.38. The minimum atomic E-state index is 0.720. The van der Waals surface area contributed by atoms with E-state index >= 15 is 0 Å². The summed E-state index contributed by atoms with van der Waals surface area (Å²) in [6.45, 7) is 3.00. The van der Waals surface area contributed by atoms with Crippen LogP contribution in [-0.2, 0) is 4.84 Å². The first-order valence-corrected chi connectivity index (χ1v) is 8.23. The summed E-state index contributed by atoms with van der Waals surface area (Å²) in [5, 5.41) is 0. The number of hydrogen-bond donors (Lipinski definition) is 1. The molecule has 0 amide bonds. The second-order valence-electron chi connectivity index (χ2n) is 5.47. The summed E-state index contributed by atoms with van der Waals surface area (Å²) in [7, 11) is 0. The van der Waals surface area contributed by atoms with Gasteiger partial charge in [0.25, 0.3) is 0 Å². The molecule has 0 atom stereocenters. The fraction of sp³-hybridized carbons (Fsp3) is 1.00. The number of rotatable bonds is 15. The SMILES string of the molecule is CCCCCCCCCCCCCCCCON. The first kappa shape index (κ1) is 17.9. The predicted molar refractivity (Wildman–Crippen MR) is 80.5 cm³/mol. The zero-order valence-electron chi connectivity index (χ0n) is 12.6. The smallest absolute Gasteiger partial charge is 0.0679 e. The molecule has 0 fully saturated rings. The number of hydrogen-bond acceptors (Lipinski definition) is 2. The van der Waals surface area contributed by atoms with E-state index in [-0.39, 0.29) is 0 Å². The Kier molecular flexibility index (Phi) is 16.8. The van der Waals surface area contributed by atoms with Gasteiger partial charge in [0.1, 0.15) is 0 Å². The van der Waals surface area contributed by atoms with Crippen LogP contribution in [0.15, 0.2) is 0 Å². The molecule has 110 valence electrons. The molecule has 0 aliphatic carbocycles.